The summed E-state index contributed by atoms with van der Waals surface area (Å²) in [5.74, 6) is -6.90. The molecule has 0 spiro atoms. The number of para-hydroxylation sites is 1. The fraction of sp³-hybridized carbons (Fsp3) is 0.318. The summed E-state index contributed by atoms with van der Waals surface area (Å²) >= 11 is 0. The van der Waals surface area contributed by atoms with Crippen LogP contribution in [0.4, 0.5) is 10.2 Å². The Hall–Kier alpha value is -4.17. The standard InChI is InChI=1S/C22H22FN6O10P/c23-22(10-37-40(36,38-12-4-2-1-3-5-12)28-13(20(34)35)8-16(30)31)18(33)17(32)21(9-24,39-22)15-7-6-14-19(25)26-11-27-29(14)15/h1-7,11,13,17-18,32-33H,8,10H2,(H,28,36)(H,30,31)(H,34,35)(H2,25,26,27)/t13-,17+,18-,21-,22+,40?/m0/s1. The molecular weight excluding hydrogens is 558 g/mol. The highest BCUT2D eigenvalue weighted by atomic mass is 31.2. The second-order valence-corrected chi connectivity index (χ2v) is 10.3. The van der Waals surface area contributed by atoms with Crippen LogP contribution in [-0.4, -0.2) is 77.7 Å². The predicted octanol–water partition coefficient (Wildman–Crippen LogP) is 0.169. The first kappa shape index (κ1) is 28.8. The van der Waals surface area contributed by atoms with Crippen molar-refractivity contribution in [2.24, 2.45) is 0 Å². The minimum atomic E-state index is -4.94. The Balaban J connectivity index is 1.66. The summed E-state index contributed by atoms with van der Waals surface area (Å²) in [5.41, 5.74) is 3.14. The quantitative estimate of drug-likeness (QED) is 0.165. The van der Waals surface area contributed by atoms with Gasteiger partial charge in [0.05, 0.1) is 12.1 Å². The van der Waals surface area contributed by atoms with Gasteiger partial charge in [-0.25, -0.2) is 18.5 Å². The topological polar surface area (TPSA) is 252 Å². The highest BCUT2D eigenvalue weighted by Gasteiger charge is 2.66. The first-order chi connectivity index (χ1) is 18.8. The Morgan fingerprint density at radius 2 is 1.95 bits per heavy atom. The minimum absolute atomic E-state index is 0.0170. The number of aliphatic hydroxyl groups excluding tert-OH is 2. The smallest absolute Gasteiger partial charge is 0.459 e. The molecule has 18 heteroatoms. The molecule has 212 valence electrons. The van der Waals surface area contributed by atoms with Gasteiger partial charge in [0, 0.05) is 0 Å². The van der Waals surface area contributed by atoms with E-state index in [0.717, 1.165) is 10.8 Å². The number of nitrogens with zero attached hydrogens (tertiary/aromatic N) is 4. The fourth-order valence-electron chi connectivity index (χ4n) is 3.98. The highest BCUT2D eigenvalue weighted by Crippen LogP contribution is 2.50. The number of nitrogens with two attached hydrogens (primary N) is 1. The number of ether oxygens (including phenoxy) is 1. The van der Waals surface area contributed by atoms with E-state index in [0.29, 0.717) is 0 Å². The fourth-order valence-corrected chi connectivity index (χ4v) is 5.49. The van der Waals surface area contributed by atoms with E-state index in [1.807, 2.05) is 5.09 Å². The monoisotopic (exact) mass is 580 g/mol. The molecule has 1 aliphatic rings. The number of fused-ring (bicyclic) bond motifs is 1. The van der Waals surface area contributed by atoms with E-state index in [4.69, 9.17) is 24.6 Å². The van der Waals surface area contributed by atoms with Gasteiger partial charge in [-0.3, -0.25) is 14.1 Å². The molecule has 3 aromatic rings. The number of halogens is 1. The van der Waals surface area contributed by atoms with Gasteiger partial charge in [-0.2, -0.15) is 15.4 Å². The highest BCUT2D eigenvalue weighted by molar-refractivity contribution is 7.52. The average Bonchev–Trinajstić information content (AvgIpc) is 3.43. The number of carboxylic acid groups (broad SMARTS) is 2. The number of anilines is 1. The third-order valence-electron chi connectivity index (χ3n) is 5.91. The Labute approximate surface area is 223 Å². The first-order valence-corrected chi connectivity index (χ1v) is 12.9. The van der Waals surface area contributed by atoms with Gasteiger partial charge in [0.15, 0.2) is 5.82 Å². The van der Waals surface area contributed by atoms with Crippen LogP contribution in [0.15, 0.2) is 48.8 Å². The number of aromatic nitrogens is 3. The van der Waals surface area contributed by atoms with Crippen LogP contribution in [0, 0.1) is 11.3 Å². The van der Waals surface area contributed by atoms with Crippen LogP contribution >= 0.6 is 7.75 Å². The van der Waals surface area contributed by atoms with Crippen LogP contribution in [0.5, 0.6) is 5.75 Å². The second-order valence-electron chi connectivity index (χ2n) is 8.58. The van der Waals surface area contributed by atoms with Crippen molar-refractivity contribution < 1.29 is 52.8 Å². The number of carboxylic acids is 2. The third kappa shape index (κ3) is 5.31. The molecule has 0 saturated carbocycles. The molecule has 6 atom stereocenters. The number of aliphatic carboxylic acids is 2. The lowest BCUT2D eigenvalue weighted by Gasteiger charge is -2.28. The van der Waals surface area contributed by atoms with Crippen molar-refractivity contribution in [3.05, 3.63) is 54.5 Å². The van der Waals surface area contributed by atoms with Crippen molar-refractivity contribution >= 4 is 31.0 Å². The number of carbonyl (C=O) groups is 2. The number of rotatable bonds is 11. The molecule has 1 saturated heterocycles. The zero-order valence-electron chi connectivity index (χ0n) is 20.2. The van der Waals surface area contributed by atoms with E-state index in [2.05, 4.69) is 10.1 Å². The Morgan fingerprint density at radius 1 is 1.25 bits per heavy atom. The SMILES string of the molecule is N#C[C@@]1(c2ccc3c(N)ncnn23)O[C@](F)(COP(=O)(N[C@@H](CC(=O)O)C(=O)O)Oc2ccccc2)[C@@H](O)[C@H]1O. The van der Waals surface area contributed by atoms with Gasteiger partial charge in [-0.05, 0) is 24.3 Å². The molecule has 2 aromatic heterocycles. The maximum atomic E-state index is 16.1. The number of nitriles is 1. The summed E-state index contributed by atoms with van der Waals surface area (Å²) < 4.78 is 46.3. The van der Waals surface area contributed by atoms with E-state index >= 15 is 4.39 Å². The van der Waals surface area contributed by atoms with Crippen LogP contribution in [0.25, 0.3) is 5.52 Å². The maximum Gasteiger partial charge on any atom is 0.459 e. The van der Waals surface area contributed by atoms with Crippen LogP contribution in [0.2, 0.25) is 0 Å². The normalized spacial score (nSPS) is 26.6. The maximum absolute atomic E-state index is 16.1. The van der Waals surface area contributed by atoms with Crippen LogP contribution in [0.3, 0.4) is 0 Å². The van der Waals surface area contributed by atoms with Gasteiger partial charge < -0.3 is 35.4 Å². The van der Waals surface area contributed by atoms with Crippen molar-refractivity contribution in [3.8, 4) is 11.8 Å². The molecule has 1 aromatic carbocycles. The number of aliphatic hydroxyl groups is 2. The molecule has 0 radical (unpaired) electrons. The molecule has 4 rings (SSSR count). The lowest BCUT2D eigenvalue weighted by Crippen LogP contribution is -2.44. The van der Waals surface area contributed by atoms with Crippen LogP contribution < -0.4 is 15.3 Å². The van der Waals surface area contributed by atoms with Crippen molar-refractivity contribution in [1.29, 1.82) is 5.26 Å². The van der Waals surface area contributed by atoms with Gasteiger partial charge in [0.25, 0.3) is 5.85 Å². The molecule has 40 heavy (non-hydrogen) atoms. The molecule has 1 aliphatic heterocycles. The Morgan fingerprint density at radius 3 is 2.58 bits per heavy atom. The minimum Gasteiger partial charge on any atom is -0.481 e. The second kappa shape index (κ2) is 10.8. The molecule has 1 unspecified atom stereocenters. The molecule has 1 fully saturated rings. The van der Waals surface area contributed by atoms with Crippen molar-refractivity contribution in [3.63, 3.8) is 0 Å². The van der Waals surface area contributed by atoms with Crippen molar-refractivity contribution in [1.82, 2.24) is 19.7 Å². The third-order valence-corrected chi connectivity index (χ3v) is 7.46. The van der Waals surface area contributed by atoms with E-state index in [1.165, 1.54) is 36.4 Å². The summed E-state index contributed by atoms with van der Waals surface area (Å²) in [6, 6.07) is 9.30. The zero-order chi connectivity index (χ0) is 29.3. The number of hydrogen-bond acceptors (Lipinski definition) is 12. The molecule has 3 heterocycles. The number of hydrogen-bond donors (Lipinski definition) is 6. The molecule has 0 aliphatic carbocycles. The molecule has 7 N–H and O–H groups in total. The molecular formula is C22H22FN6O10P. The van der Waals surface area contributed by atoms with Crippen LogP contribution in [0.1, 0.15) is 12.1 Å². The van der Waals surface area contributed by atoms with Gasteiger partial charge >= 0.3 is 19.7 Å². The number of nitrogens with one attached hydrogen (secondary N) is 1. The summed E-state index contributed by atoms with van der Waals surface area (Å²) in [7, 11) is -4.94. The molecule has 0 bridgehead atoms. The number of benzene rings is 1. The number of alkyl halides is 1. The van der Waals surface area contributed by atoms with Crippen LogP contribution in [-0.2, 0) is 29.0 Å². The summed E-state index contributed by atoms with van der Waals surface area (Å²) in [6.07, 6.45) is -4.76. The summed E-state index contributed by atoms with van der Waals surface area (Å²) in [5, 5.41) is 55.6. The van der Waals surface area contributed by atoms with Crippen molar-refractivity contribution in [2.75, 3.05) is 12.3 Å². The average molecular weight is 580 g/mol. The Bertz CT molecular complexity index is 1520. The van der Waals surface area contributed by atoms with E-state index < -0.39 is 62.4 Å². The molecule has 0 amide bonds. The van der Waals surface area contributed by atoms with Gasteiger partial charge in [0.1, 0.15) is 48.5 Å². The largest absolute Gasteiger partial charge is 0.481 e. The van der Waals surface area contributed by atoms with E-state index in [-0.39, 0.29) is 22.8 Å². The lowest BCUT2D eigenvalue weighted by molar-refractivity contribution is -0.208. The summed E-state index contributed by atoms with van der Waals surface area (Å²) in [4.78, 5) is 26.5. The van der Waals surface area contributed by atoms with E-state index in [9.17, 15) is 34.7 Å². The number of nitrogen functional groups attached to an aromatic ring is 1. The Kier molecular flexibility index (Phi) is 7.76. The van der Waals surface area contributed by atoms with Gasteiger partial charge in [-0.1, -0.05) is 18.2 Å². The zero-order valence-corrected chi connectivity index (χ0v) is 21.1. The van der Waals surface area contributed by atoms with Gasteiger partial charge in [-0.15, -0.1) is 0 Å². The summed E-state index contributed by atoms with van der Waals surface area (Å²) in [6.45, 7) is -1.48. The van der Waals surface area contributed by atoms with Gasteiger partial charge in [0.2, 0.25) is 5.60 Å². The van der Waals surface area contributed by atoms with Crippen molar-refractivity contribution in [2.45, 2.75) is 36.1 Å². The lowest BCUT2D eigenvalue weighted by atomic mass is 9.92. The first-order valence-electron chi connectivity index (χ1n) is 11.3. The molecule has 16 nitrogen and oxygen atoms in total. The predicted molar refractivity (Wildman–Crippen MR) is 129 cm³/mol. The van der Waals surface area contributed by atoms with E-state index in [1.54, 1.807) is 12.1 Å².